The number of aromatic nitrogens is 1. The van der Waals surface area contributed by atoms with Crippen LogP contribution in [0.2, 0.25) is 0 Å². The van der Waals surface area contributed by atoms with Crippen LogP contribution in [0.15, 0.2) is 57.3 Å². The quantitative estimate of drug-likeness (QED) is 0.435. The molecule has 2 aromatic heterocycles. The van der Waals surface area contributed by atoms with Crippen molar-refractivity contribution in [2.75, 3.05) is 19.0 Å². The normalized spacial score (nSPS) is 12.9. The van der Waals surface area contributed by atoms with Crippen molar-refractivity contribution in [1.82, 2.24) is 4.98 Å². The summed E-state index contributed by atoms with van der Waals surface area (Å²) in [5.41, 5.74) is 13.3. The Bertz CT molecular complexity index is 859. The minimum absolute atomic E-state index is 0.152. The van der Waals surface area contributed by atoms with Crippen LogP contribution in [0.1, 0.15) is 17.4 Å². The lowest BCUT2D eigenvalue weighted by Crippen LogP contribution is -2.23. The van der Waals surface area contributed by atoms with Crippen LogP contribution in [0.4, 0.5) is 5.13 Å². The Labute approximate surface area is 155 Å². The van der Waals surface area contributed by atoms with Crippen molar-refractivity contribution in [2.24, 2.45) is 16.5 Å². The lowest BCUT2D eigenvalue weighted by atomic mass is 10.1. The third-order valence-corrected chi connectivity index (χ3v) is 4.50. The number of hydrogen-bond acceptors (Lipinski definition) is 6. The summed E-state index contributed by atoms with van der Waals surface area (Å²) < 4.78 is 11.1. The zero-order chi connectivity index (χ0) is 18.4. The molecule has 0 aliphatic carbocycles. The van der Waals surface area contributed by atoms with Crippen LogP contribution in [0, 0.1) is 0 Å². The van der Waals surface area contributed by atoms with Crippen LogP contribution < -0.4 is 16.8 Å². The van der Waals surface area contributed by atoms with Gasteiger partial charge >= 0.3 is 0 Å². The maximum Gasteiger partial charge on any atom is 0.195 e. The van der Waals surface area contributed by atoms with Crippen molar-refractivity contribution in [3.63, 3.8) is 0 Å². The number of nitrogens with zero attached hydrogens (tertiary/aromatic N) is 2. The third-order valence-electron chi connectivity index (χ3n) is 3.74. The number of ether oxygens (including phenoxy) is 1. The van der Waals surface area contributed by atoms with Crippen LogP contribution in [-0.2, 0) is 11.3 Å². The minimum atomic E-state index is -0.152. The van der Waals surface area contributed by atoms with Crippen LogP contribution in [-0.4, -0.2) is 24.6 Å². The van der Waals surface area contributed by atoms with Gasteiger partial charge in [0, 0.05) is 12.5 Å². The van der Waals surface area contributed by atoms with E-state index in [1.807, 2.05) is 47.8 Å². The highest BCUT2D eigenvalue weighted by atomic mass is 32.1. The number of nitrogens with one attached hydrogen (secondary N) is 1. The predicted octanol–water partition coefficient (Wildman–Crippen LogP) is 2.98. The summed E-state index contributed by atoms with van der Waals surface area (Å²) in [6, 6.07) is 13.6. The van der Waals surface area contributed by atoms with Gasteiger partial charge in [-0.3, -0.25) is 4.99 Å². The molecule has 26 heavy (non-hydrogen) atoms. The van der Waals surface area contributed by atoms with Crippen molar-refractivity contribution in [1.29, 1.82) is 0 Å². The SMILES string of the molecule is COC(CN=C(N)Nc1nc(-c2ccc(CN)o2)cs1)c1ccccc1. The smallest absolute Gasteiger partial charge is 0.195 e. The van der Waals surface area contributed by atoms with E-state index in [2.05, 4.69) is 15.3 Å². The highest BCUT2D eigenvalue weighted by Gasteiger charge is 2.11. The first kappa shape index (κ1) is 18.1. The Hall–Kier alpha value is -2.68. The summed E-state index contributed by atoms with van der Waals surface area (Å²) in [6.07, 6.45) is -0.152. The molecule has 0 fully saturated rings. The van der Waals surface area contributed by atoms with E-state index in [1.165, 1.54) is 11.3 Å². The highest BCUT2D eigenvalue weighted by molar-refractivity contribution is 7.14. The monoisotopic (exact) mass is 371 g/mol. The topological polar surface area (TPSA) is 112 Å². The van der Waals surface area contributed by atoms with E-state index >= 15 is 0 Å². The Morgan fingerprint density at radius 1 is 1.31 bits per heavy atom. The molecule has 0 saturated heterocycles. The average molecular weight is 371 g/mol. The number of furan rings is 1. The van der Waals surface area contributed by atoms with E-state index in [9.17, 15) is 0 Å². The van der Waals surface area contributed by atoms with E-state index in [4.69, 9.17) is 20.6 Å². The van der Waals surface area contributed by atoms with E-state index in [-0.39, 0.29) is 12.1 Å². The Kier molecular flexibility index (Phi) is 6.00. The second-order valence-electron chi connectivity index (χ2n) is 5.49. The Balaban J connectivity index is 1.62. The molecule has 0 aliphatic rings. The van der Waals surface area contributed by atoms with Gasteiger partial charge in [0.1, 0.15) is 17.6 Å². The summed E-state index contributed by atoms with van der Waals surface area (Å²) in [5.74, 6) is 1.68. The summed E-state index contributed by atoms with van der Waals surface area (Å²) in [4.78, 5) is 8.81. The van der Waals surface area contributed by atoms with E-state index in [1.54, 1.807) is 7.11 Å². The predicted molar refractivity (Wildman–Crippen MR) is 104 cm³/mol. The van der Waals surface area contributed by atoms with Gasteiger partial charge in [-0.15, -0.1) is 11.3 Å². The first-order valence-corrected chi connectivity index (χ1v) is 8.97. The molecule has 3 rings (SSSR count). The van der Waals surface area contributed by atoms with Gasteiger partial charge in [0.05, 0.1) is 13.1 Å². The lowest BCUT2D eigenvalue weighted by molar-refractivity contribution is 0.111. The van der Waals surface area contributed by atoms with Crippen LogP contribution in [0.25, 0.3) is 11.5 Å². The van der Waals surface area contributed by atoms with Crippen LogP contribution in [0.5, 0.6) is 0 Å². The molecular formula is C18H21N5O2S. The summed E-state index contributed by atoms with van der Waals surface area (Å²) in [6.45, 7) is 0.770. The Morgan fingerprint density at radius 2 is 2.12 bits per heavy atom. The summed E-state index contributed by atoms with van der Waals surface area (Å²) in [5, 5.41) is 5.52. The van der Waals surface area contributed by atoms with E-state index in [0.717, 1.165) is 17.0 Å². The molecule has 3 aromatic rings. The average Bonchev–Trinajstić information content (AvgIpc) is 3.32. The Morgan fingerprint density at radius 3 is 2.81 bits per heavy atom. The molecule has 0 spiro atoms. The standard InChI is InChI=1S/C18H21N5O2S/c1-24-16(12-5-3-2-4-6-12)10-21-17(20)23-18-22-14(11-26-18)15-8-7-13(9-19)25-15/h2-8,11,16H,9-10,19H2,1H3,(H3,20,21,22,23). The molecule has 5 N–H and O–H groups in total. The maximum absolute atomic E-state index is 5.97. The van der Waals surface area contributed by atoms with Crippen molar-refractivity contribution in [3.8, 4) is 11.5 Å². The number of aliphatic imine (C=N–C) groups is 1. The van der Waals surface area contributed by atoms with Crippen molar-refractivity contribution in [2.45, 2.75) is 12.6 Å². The van der Waals surface area contributed by atoms with Gasteiger partial charge in [0.25, 0.3) is 0 Å². The molecule has 136 valence electrons. The summed E-state index contributed by atoms with van der Waals surface area (Å²) >= 11 is 1.42. The molecule has 0 bridgehead atoms. The van der Waals surface area contributed by atoms with Gasteiger partial charge in [-0.05, 0) is 17.7 Å². The number of hydrogen-bond donors (Lipinski definition) is 3. The molecule has 1 atom stereocenters. The second kappa shape index (κ2) is 8.61. The van der Waals surface area contributed by atoms with Crippen molar-refractivity contribution >= 4 is 22.4 Å². The maximum atomic E-state index is 5.97. The second-order valence-corrected chi connectivity index (χ2v) is 6.35. The zero-order valence-corrected chi connectivity index (χ0v) is 15.2. The lowest BCUT2D eigenvalue weighted by Gasteiger charge is -2.13. The molecule has 1 aromatic carbocycles. The zero-order valence-electron chi connectivity index (χ0n) is 14.4. The van der Waals surface area contributed by atoms with Crippen molar-refractivity contribution in [3.05, 3.63) is 59.2 Å². The number of methoxy groups -OCH3 is 1. The van der Waals surface area contributed by atoms with Gasteiger partial charge in [-0.2, -0.15) is 0 Å². The molecule has 0 saturated carbocycles. The molecule has 0 aliphatic heterocycles. The van der Waals surface area contributed by atoms with Crippen molar-refractivity contribution < 1.29 is 9.15 Å². The fourth-order valence-corrected chi connectivity index (χ4v) is 3.09. The molecular weight excluding hydrogens is 350 g/mol. The fourth-order valence-electron chi connectivity index (χ4n) is 2.38. The number of benzene rings is 1. The largest absolute Gasteiger partial charge is 0.458 e. The van der Waals surface area contributed by atoms with Gasteiger partial charge in [0.15, 0.2) is 16.9 Å². The highest BCUT2D eigenvalue weighted by Crippen LogP contribution is 2.26. The van der Waals surface area contributed by atoms with Crippen LogP contribution >= 0.6 is 11.3 Å². The van der Waals surface area contributed by atoms with Gasteiger partial charge in [-0.1, -0.05) is 30.3 Å². The molecule has 0 amide bonds. The fraction of sp³-hybridized carbons (Fsp3) is 0.222. The number of guanidine groups is 1. The van der Waals surface area contributed by atoms with Gasteiger partial charge < -0.3 is 25.9 Å². The van der Waals surface area contributed by atoms with Crippen LogP contribution in [0.3, 0.4) is 0 Å². The number of rotatable bonds is 7. The molecule has 2 heterocycles. The molecule has 0 radical (unpaired) electrons. The molecule has 8 heteroatoms. The summed E-state index contributed by atoms with van der Waals surface area (Å²) in [7, 11) is 1.66. The number of anilines is 1. The molecule has 1 unspecified atom stereocenters. The van der Waals surface area contributed by atoms with Gasteiger partial charge in [-0.25, -0.2) is 4.98 Å². The van der Waals surface area contributed by atoms with Gasteiger partial charge in [0.2, 0.25) is 0 Å². The van der Waals surface area contributed by atoms with E-state index < -0.39 is 0 Å². The third kappa shape index (κ3) is 4.48. The number of nitrogens with two attached hydrogens (primary N) is 2. The molecule has 7 nitrogen and oxygen atoms in total. The van der Waals surface area contributed by atoms with E-state index in [0.29, 0.717) is 24.0 Å². The first-order chi connectivity index (χ1) is 12.7. The first-order valence-electron chi connectivity index (χ1n) is 8.09. The number of thiazole rings is 1. The minimum Gasteiger partial charge on any atom is -0.458 e.